The summed E-state index contributed by atoms with van der Waals surface area (Å²) in [7, 11) is 0. The molecule has 1 N–H and O–H groups in total. The third-order valence-corrected chi connectivity index (χ3v) is 6.73. The summed E-state index contributed by atoms with van der Waals surface area (Å²) >= 11 is 1.31. The molecule has 1 saturated heterocycles. The Morgan fingerprint density at radius 3 is 2.53 bits per heavy atom. The van der Waals surface area contributed by atoms with Crippen molar-refractivity contribution in [3.8, 4) is 0 Å². The van der Waals surface area contributed by atoms with Crippen LogP contribution in [-0.2, 0) is 9.59 Å². The third kappa shape index (κ3) is 4.14. The Morgan fingerprint density at radius 1 is 1.16 bits per heavy atom. The molecule has 4 rings (SSSR count). The lowest BCUT2D eigenvalue weighted by Crippen LogP contribution is -2.63. The number of hydrogen-bond donors (Lipinski definition) is 1. The zero-order chi connectivity index (χ0) is 23.0. The number of halogens is 1. The minimum absolute atomic E-state index is 0.208. The van der Waals surface area contributed by atoms with Crippen LogP contribution < -0.4 is 10.2 Å². The molecule has 0 spiro atoms. The van der Waals surface area contributed by atoms with Crippen molar-refractivity contribution in [2.75, 3.05) is 16.8 Å². The number of thioether (sulfide) groups is 1. The highest BCUT2D eigenvalue weighted by Crippen LogP contribution is 2.36. The molecule has 0 bridgehead atoms. The van der Waals surface area contributed by atoms with Gasteiger partial charge >= 0.3 is 6.03 Å². The number of carbonyl (C=O) groups is 3. The van der Waals surface area contributed by atoms with Gasteiger partial charge in [-0.25, -0.2) is 14.1 Å². The van der Waals surface area contributed by atoms with Crippen LogP contribution in [0.3, 0.4) is 0 Å². The van der Waals surface area contributed by atoms with E-state index in [1.165, 1.54) is 34.9 Å². The molecule has 2 aromatic carbocycles. The lowest BCUT2D eigenvalue weighted by molar-refractivity contribution is -0.121. The van der Waals surface area contributed by atoms with E-state index in [0.717, 1.165) is 10.5 Å². The number of benzene rings is 2. The summed E-state index contributed by atoms with van der Waals surface area (Å²) in [5.41, 5.74) is 2.42. The van der Waals surface area contributed by atoms with E-state index >= 15 is 0 Å². The molecule has 0 saturated carbocycles. The Labute approximate surface area is 190 Å². The average molecular weight is 454 g/mol. The molecule has 166 valence electrons. The van der Waals surface area contributed by atoms with Crippen LogP contribution in [0.5, 0.6) is 0 Å². The van der Waals surface area contributed by atoms with Crippen LogP contribution in [0.1, 0.15) is 30.9 Å². The molecular weight excluding hydrogens is 429 g/mol. The van der Waals surface area contributed by atoms with Crippen molar-refractivity contribution in [2.45, 2.75) is 38.0 Å². The lowest BCUT2D eigenvalue weighted by Gasteiger charge is -2.40. The summed E-state index contributed by atoms with van der Waals surface area (Å²) in [6.45, 7) is 5.55. The first kappa shape index (κ1) is 22.1. The van der Waals surface area contributed by atoms with Gasteiger partial charge in [-0.15, -0.1) is 11.8 Å². The monoisotopic (exact) mass is 453 g/mol. The topological polar surface area (TPSA) is 69.7 Å². The maximum atomic E-state index is 13.7. The van der Waals surface area contributed by atoms with Crippen molar-refractivity contribution in [2.24, 2.45) is 0 Å². The number of nitrogens with one attached hydrogen (secondary N) is 1. The molecule has 0 aromatic heterocycles. The van der Waals surface area contributed by atoms with Gasteiger partial charge in [-0.2, -0.15) is 0 Å². The zero-order valence-electron chi connectivity index (χ0n) is 18.0. The normalized spacial score (nSPS) is 20.2. The van der Waals surface area contributed by atoms with Crippen LogP contribution in [0.15, 0.2) is 53.9 Å². The van der Waals surface area contributed by atoms with Gasteiger partial charge < -0.3 is 10.2 Å². The Hall–Kier alpha value is -3.13. The summed E-state index contributed by atoms with van der Waals surface area (Å²) < 4.78 is 13.7. The predicted octanol–water partition coefficient (Wildman–Crippen LogP) is 4.66. The van der Waals surface area contributed by atoms with E-state index in [0.29, 0.717) is 22.9 Å². The SMILES string of the molecule is Cc1cc(N2C(=O)C3SC=CC3N(CC(=O)Nc3ccc(C(C)C)cc3)C2=O)ccc1F. The highest BCUT2D eigenvalue weighted by Gasteiger charge is 2.48. The fraction of sp³-hybridized carbons (Fsp3) is 0.292. The van der Waals surface area contributed by atoms with E-state index in [2.05, 4.69) is 19.2 Å². The molecule has 2 atom stereocenters. The summed E-state index contributed by atoms with van der Waals surface area (Å²) in [6.07, 6.45) is 1.77. The van der Waals surface area contributed by atoms with Crippen molar-refractivity contribution in [1.82, 2.24) is 4.90 Å². The van der Waals surface area contributed by atoms with E-state index in [1.54, 1.807) is 18.4 Å². The van der Waals surface area contributed by atoms with Crippen molar-refractivity contribution < 1.29 is 18.8 Å². The first-order valence-electron chi connectivity index (χ1n) is 10.4. The summed E-state index contributed by atoms with van der Waals surface area (Å²) in [5, 5.41) is 4.05. The van der Waals surface area contributed by atoms with Crippen molar-refractivity contribution in [3.63, 3.8) is 0 Å². The number of hydrogen-bond acceptors (Lipinski definition) is 4. The van der Waals surface area contributed by atoms with E-state index in [9.17, 15) is 18.8 Å². The van der Waals surface area contributed by atoms with Gasteiger partial charge in [0.1, 0.15) is 17.6 Å². The van der Waals surface area contributed by atoms with Gasteiger partial charge in [-0.3, -0.25) is 9.59 Å². The number of urea groups is 1. The van der Waals surface area contributed by atoms with Crippen LogP contribution >= 0.6 is 11.8 Å². The first-order chi connectivity index (χ1) is 15.3. The quantitative estimate of drug-likeness (QED) is 0.715. The molecule has 6 nitrogen and oxygen atoms in total. The molecule has 0 aliphatic carbocycles. The van der Waals surface area contributed by atoms with Gasteiger partial charge in [-0.1, -0.05) is 32.1 Å². The Balaban J connectivity index is 1.55. The Kier molecular flexibility index (Phi) is 6.06. The van der Waals surface area contributed by atoms with Crippen LogP contribution in [-0.4, -0.2) is 40.6 Å². The minimum atomic E-state index is -0.597. The van der Waals surface area contributed by atoms with Crippen LogP contribution in [0, 0.1) is 12.7 Å². The van der Waals surface area contributed by atoms with E-state index in [1.807, 2.05) is 24.3 Å². The van der Waals surface area contributed by atoms with E-state index < -0.39 is 23.1 Å². The predicted molar refractivity (Wildman–Crippen MR) is 124 cm³/mol. The molecule has 8 heteroatoms. The number of anilines is 2. The maximum absolute atomic E-state index is 13.7. The summed E-state index contributed by atoms with van der Waals surface area (Å²) in [4.78, 5) is 41.5. The zero-order valence-corrected chi connectivity index (χ0v) is 18.9. The number of nitrogens with zero attached hydrogens (tertiary/aromatic N) is 2. The van der Waals surface area contributed by atoms with Crippen LogP contribution in [0.4, 0.5) is 20.6 Å². The van der Waals surface area contributed by atoms with Crippen LogP contribution in [0.2, 0.25) is 0 Å². The fourth-order valence-electron chi connectivity index (χ4n) is 3.83. The molecule has 2 aromatic rings. The second kappa shape index (κ2) is 8.78. The number of imide groups is 1. The van der Waals surface area contributed by atoms with Gasteiger partial charge in [0.15, 0.2) is 0 Å². The average Bonchev–Trinajstić information content (AvgIpc) is 3.24. The largest absolute Gasteiger partial charge is 0.332 e. The van der Waals surface area contributed by atoms with Gasteiger partial charge in [-0.05, 0) is 59.7 Å². The van der Waals surface area contributed by atoms with Crippen molar-refractivity contribution in [3.05, 3.63) is 70.9 Å². The second-order valence-electron chi connectivity index (χ2n) is 8.22. The standard InChI is InChI=1S/C24H24FN3O3S/c1-14(2)16-4-6-17(7-5-16)26-21(29)13-27-20-10-11-32-22(20)23(30)28(24(27)31)18-8-9-19(25)15(3)12-18/h4-12,14,20,22H,13H2,1-3H3,(H,26,29). The first-order valence-corrected chi connectivity index (χ1v) is 11.3. The molecule has 2 aliphatic rings. The Bertz CT molecular complexity index is 1100. The molecule has 0 radical (unpaired) electrons. The fourth-order valence-corrected chi connectivity index (χ4v) is 4.87. The number of amides is 4. The van der Waals surface area contributed by atoms with Gasteiger partial charge in [0.25, 0.3) is 5.91 Å². The molecule has 2 heterocycles. The van der Waals surface area contributed by atoms with Crippen molar-refractivity contribution in [1.29, 1.82) is 0 Å². The molecule has 1 fully saturated rings. The smallest absolute Gasteiger partial charge is 0.325 e. The van der Waals surface area contributed by atoms with Gasteiger partial charge in [0, 0.05) is 5.69 Å². The summed E-state index contributed by atoms with van der Waals surface area (Å²) in [5.74, 6) is -0.765. The molecule has 32 heavy (non-hydrogen) atoms. The van der Waals surface area contributed by atoms with Crippen LogP contribution in [0.25, 0.3) is 0 Å². The molecular formula is C24H24FN3O3S. The number of aryl methyl sites for hydroxylation is 1. The summed E-state index contributed by atoms with van der Waals surface area (Å²) in [6, 6.07) is 10.6. The van der Waals surface area contributed by atoms with Gasteiger partial charge in [0.2, 0.25) is 5.91 Å². The highest BCUT2D eigenvalue weighted by atomic mass is 32.2. The third-order valence-electron chi connectivity index (χ3n) is 5.65. The van der Waals surface area contributed by atoms with E-state index in [4.69, 9.17) is 0 Å². The Morgan fingerprint density at radius 2 is 1.88 bits per heavy atom. The van der Waals surface area contributed by atoms with E-state index in [-0.39, 0.29) is 18.4 Å². The minimum Gasteiger partial charge on any atom is -0.325 e. The number of rotatable bonds is 5. The highest BCUT2D eigenvalue weighted by molar-refractivity contribution is 8.03. The maximum Gasteiger partial charge on any atom is 0.332 e. The second-order valence-corrected chi connectivity index (χ2v) is 9.27. The lowest BCUT2D eigenvalue weighted by atomic mass is 10.0. The number of carbonyl (C=O) groups excluding carboxylic acids is 3. The number of fused-ring (bicyclic) bond motifs is 1. The van der Waals surface area contributed by atoms with Gasteiger partial charge in [0.05, 0.1) is 11.7 Å². The molecule has 4 amide bonds. The van der Waals surface area contributed by atoms with Crippen molar-refractivity contribution >= 4 is 41.0 Å². The molecule has 2 unspecified atom stereocenters. The molecule has 2 aliphatic heterocycles.